The molecule has 180 valence electrons. The number of H-pyrrole nitrogens is 2. The molecule has 2 aliphatic rings. The highest BCUT2D eigenvalue weighted by Gasteiger charge is 2.41. The Bertz CT molecular complexity index is 1580. The van der Waals surface area contributed by atoms with Crippen LogP contribution in [0.2, 0.25) is 0 Å². The maximum Gasteiger partial charge on any atom is 0.258 e. The zero-order valence-corrected chi connectivity index (χ0v) is 19.1. The third kappa shape index (κ3) is 3.71. The Morgan fingerprint density at radius 2 is 1.94 bits per heavy atom. The van der Waals surface area contributed by atoms with Gasteiger partial charge in [-0.3, -0.25) is 14.6 Å². The molecule has 4 heterocycles. The molecular formula is C26H22N6O4. The predicted octanol–water partition coefficient (Wildman–Crippen LogP) is 3.25. The van der Waals surface area contributed by atoms with Crippen LogP contribution in [0.5, 0.6) is 11.5 Å². The molecule has 0 saturated carbocycles. The molecule has 6 rings (SSSR count). The molecule has 0 aliphatic carbocycles. The quantitative estimate of drug-likeness (QED) is 0.349. The molecule has 2 atom stereocenters. The van der Waals surface area contributed by atoms with Gasteiger partial charge in [0.25, 0.3) is 5.56 Å². The fourth-order valence-electron chi connectivity index (χ4n) is 4.79. The molecular weight excluding hydrogens is 460 g/mol. The van der Waals surface area contributed by atoms with Crippen molar-refractivity contribution >= 4 is 28.6 Å². The molecule has 4 N–H and O–H groups in total. The van der Waals surface area contributed by atoms with E-state index in [2.05, 4.69) is 31.7 Å². The molecule has 0 saturated heterocycles. The zero-order chi connectivity index (χ0) is 24.6. The predicted molar refractivity (Wildman–Crippen MR) is 132 cm³/mol. The molecule has 10 heteroatoms. The van der Waals surface area contributed by atoms with Crippen LogP contribution in [-0.2, 0) is 11.3 Å². The van der Waals surface area contributed by atoms with E-state index in [0.717, 1.165) is 22.9 Å². The number of nitrogens with one attached hydrogen (secondary N) is 4. The number of nitrogens with zero attached hydrogens (tertiary/aromatic N) is 2. The average molecular weight is 483 g/mol. The van der Waals surface area contributed by atoms with Crippen LogP contribution in [-0.4, -0.2) is 34.1 Å². The van der Waals surface area contributed by atoms with Crippen molar-refractivity contribution in [1.29, 1.82) is 5.26 Å². The molecule has 10 nitrogen and oxygen atoms in total. The van der Waals surface area contributed by atoms with Gasteiger partial charge in [0.1, 0.15) is 11.7 Å². The lowest BCUT2D eigenvalue weighted by Crippen LogP contribution is -2.38. The number of nitriles is 1. The standard InChI is InChI=1S/C26H22N6O4/c27-11-16-21(17-13-28-18-5-2-1-4-15(17)18)22-23(30-24(16)33)31-26(32-25(22)34)29-12-14-6-7-19-20(10-14)36-9-3-8-35-19/h1-2,4-7,10,13,16,21,28H,3,8-9,12H2,(H3,29,30,31,32,33,34). The van der Waals surface area contributed by atoms with E-state index in [4.69, 9.17) is 9.47 Å². The van der Waals surface area contributed by atoms with Gasteiger partial charge in [0.15, 0.2) is 11.5 Å². The SMILES string of the molecule is N#CC1C(=O)Nc2nc(NCc3ccc4c(c3)OCCCO4)[nH]c(=O)c2C1c1c[nH]c2ccccc12. The van der Waals surface area contributed by atoms with Crippen LogP contribution in [0.4, 0.5) is 11.8 Å². The van der Waals surface area contributed by atoms with Crippen molar-refractivity contribution < 1.29 is 14.3 Å². The van der Waals surface area contributed by atoms with Crippen molar-refractivity contribution in [2.75, 3.05) is 23.8 Å². The summed E-state index contributed by atoms with van der Waals surface area (Å²) < 4.78 is 11.4. The molecule has 0 bridgehead atoms. The Kier molecular flexibility index (Phi) is 5.30. The topological polar surface area (TPSA) is 145 Å². The van der Waals surface area contributed by atoms with Gasteiger partial charge in [-0.1, -0.05) is 24.3 Å². The highest BCUT2D eigenvalue weighted by Crippen LogP contribution is 2.40. The summed E-state index contributed by atoms with van der Waals surface area (Å²) in [4.78, 5) is 36.6. The van der Waals surface area contributed by atoms with Gasteiger partial charge in [0.05, 0.1) is 24.8 Å². The lowest BCUT2D eigenvalue weighted by molar-refractivity contribution is -0.119. The van der Waals surface area contributed by atoms with Crippen LogP contribution >= 0.6 is 0 Å². The number of benzene rings is 2. The number of rotatable bonds is 4. The van der Waals surface area contributed by atoms with Gasteiger partial charge in [-0.15, -0.1) is 0 Å². The first-order valence-corrected chi connectivity index (χ1v) is 11.7. The molecule has 2 aromatic carbocycles. The average Bonchev–Trinajstić information content (AvgIpc) is 3.16. The van der Waals surface area contributed by atoms with E-state index < -0.39 is 23.3 Å². The highest BCUT2D eigenvalue weighted by atomic mass is 16.5. The summed E-state index contributed by atoms with van der Waals surface area (Å²) in [5.74, 6) is -0.593. The molecule has 0 radical (unpaired) electrons. The van der Waals surface area contributed by atoms with Gasteiger partial charge in [-0.05, 0) is 29.3 Å². The summed E-state index contributed by atoms with van der Waals surface area (Å²) in [5.41, 5.74) is 2.30. The van der Waals surface area contributed by atoms with Gasteiger partial charge in [0.2, 0.25) is 11.9 Å². The number of aromatic nitrogens is 3. The Balaban J connectivity index is 1.33. The van der Waals surface area contributed by atoms with E-state index in [9.17, 15) is 14.9 Å². The van der Waals surface area contributed by atoms with Crippen LogP contribution < -0.4 is 25.7 Å². The maximum atomic E-state index is 13.3. The molecule has 36 heavy (non-hydrogen) atoms. The van der Waals surface area contributed by atoms with E-state index >= 15 is 0 Å². The molecule has 2 aliphatic heterocycles. The molecule has 0 spiro atoms. The number of para-hydroxylation sites is 1. The van der Waals surface area contributed by atoms with E-state index in [0.29, 0.717) is 36.8 Å². The highest BCUT2D eigenvalue weighted by molar-refractivity contribution is 5.99. The summed E-state index contributed by atoms with van der Waals surface area (Å²) in [6.07, 6.45) is 2.57. The molecule has 1 amide bonds. The first kappa shape index (κ1) is 21.7. The fraction of sp³-hybridized carbons (Fsp3) is 0.231. The summed E-state index contributed by atoms with van der Waals surface area (Å²) in [6, 6.07) is 15.3. The minimum atomic E-state index is -1.07. The summed E-state index contributed by atoms with van der Waals surface area (Å²) in [6.45, 7) is 1.56. The molecule has 2 aromatic heterocycles. The van der Waals surface area contributed by atoms with Crippen molar-refractivity contribution in [3.05, 3.63) is 75.7 Å². The number of anilines is 2. The van der Waals surface area contributed by atoms with Crippen molar-refractivity contribution in [1.82, 2.24) is 15.0 Å². The third-order valence-electron chi connectivity index (χ3n) is 6.49. The summed E-state index contributed by atoms with van der Waals surface area (Å²) >= 11 is 0. The first-order valence-electron chi connectivity index (χ1n) is 11.7. The van der Waals surface area contributed by atoms with E-state index in [1.807, 2.05) is 42.5 Å². The van der Waals surface area contributed by atoms with Gasteiger partial charge < -0.3 is 25.1 Å². The van der Waals surface area contributed by atoms with E-state index in [1.165, 1.54) is 0 Å². The third-order valence-corrected chi connectivity index (χ3v) is 6.49. The fourth-order valence-corrected chi connectivity index (χ4v) is 4.79. The number of hydrogen-bond acceptors (Lipinski definition) is 7. The lowest BCUT2D eigenvalue weighted by atomic mass is 9.79. The van der Waals surface area contributed by atoms with Gasteiger partial charge in [-0.25, -0.2) is 0 Å². The van der Waals surface area contributed by atoms with Crippen molar-refractivity contribution in [2.24, 2.45) is 5.92 Å². The van der Waals surface area contributed by atoms with E-state index in [1.54, 1.807) is 6.20 Å². The second kappa shape index (κ2) is 8.78. The number of ether oxygens (including phenoxy) is 2. The Labute approximate surface area is 205 Å². The molecule has 4 aromatic rings. The maximum absolute atomic E-state index is 13.3. The first-order chi connectivity index (χ1) is 17.6. The van der Waals surface area contributed by atoms with Crippen LogP contribution in [0.3, 0.4) is 0 Å². The number of aromatic amines is 2. The monoisotopic (exact) mass is 482 g/mol. The number of carbonyl (C=O) groups excluding carboxylic acids is 1. The van der Waals surface area contributed by atoms with Crippen LogP contribution in [0.15, 0.2) is 53.5 Å². The van der Waals surface area contributed by atoms with Crippen LogP contribution in [0.25, 0.3) is 10.9 Å². The van der Waals surface area contributed by atoms with Crippen molar-refractivity contribution in [3.8, 4) is 17.6 Å². The van der Waals surface area contributed by atoms with E-state index in [-0.39, 0.29) is 17.3 Å². The van der Waals surface area contributed by atoms with Crippen LogP contribution in [0, 0.1) is 17.2 Å². The summed E-state index contributed by atoms with van der Waals surface area (Å²) in [5, 5.41) is 16.4. The minimum absolute atomic E-state index is 0.145. The van der Waals surface area contributed by atoms with Gasteiger partial charge in [0, 0.05) is 36.0 Å². The lowest BCUT2D eigenvalue weighted by Gasteiger charge is -2.28. The Hall–Kier alpha value is -4.78. The van der Waals surface area contributed by atoms with Gasteiger partial charge >= 0.3 is 0 Å². The number of hydrogen-bond donors (Lipinski definition) is 4. The Morgan fingerprint density at radius 3 is 2.81 bits per heavy atom. The molecule has 2 unspecified atom stereocenters. The number of amides is 1. The summed E-state index contributed by atoms with van der Waals surface area (Å²) in [7, 11) is 0. The van der Waals surface area contributed by atoms with Crippen molar-refractivity contribution in [2.45, 2.75) is 18.9 Å². The zero-order valence-electron chi connectivity index (χ0n) is 19.1. The van der Waals surface area contributed by atoms with Gasteiger partial charge in [-0.2, -0.15) is 10.2 Å². The van der Waals surface area contributed by atoms with Crippen LogP contribution in [0.1, 0.15) is 29.0 Å². The minimum Gasteiger partial charge on any atom is -0.490 e. The smallest absolute Gasteiger partial charge is 0.258 e. The number of fused-ring (bicyclic) bond motifs is 3. The normalized spacial score (nSPS) is 18.6. The second-order valence-corrected chi connectivity index (χ2v) is 8.73. The second-order valence-electron chi connectivity index (χ2n) is 8.73. The number of carbonyl (C=O) groups is 1. The van der Waals surface area contributed by atoms with Crippen molar-refractivity contribution in [3.63, 3.8) is 0 Å². The molecule has 0 fully saturated rings. The Morgan fingerprint density at radius 1 is 1.11 bits per heavy atom. The largest absolute Gasteiger partial charge is 0.490 e.